The first-order valence-electron chi connectivity index (χ1n) is 7.41. The zero-order valence-corrected chi connectivity index (χ0v) is 13.7. The minimum atomic E-state index is -0.726. The fraction of sp³-hybridized carbons (Fsp3) is 0.111. The molecular weight excluding hydrogens is 336 g/mol. The second-order valence-electron chi connectivity index (χ2n) is 5.85. The highest BCUT2D eigenvalue weighted by Gasteiger charge is 2.36. The van der Waals surface area contributed by atoms with Crippen molar-refractivity contribution in [1.29, 1.82) is 5.26 Å². The number of nitro groups is 2. The van der Waals surface area contributed by atoms with Crippen molar-refractivity contribution in [2.24, 2.45) is 0 Å². The van der Waals surface area contributed by atoms with E-state index >= 15 is 0 Å². The van der Waals surface area contributed by atoms with E-state index in [1.165, 1.54) is 6.07 Å². The lowest BCUT2D eigenvalue weighted by Gasteiger charge is -2.07. The molecular formula is C18H10N4O4. The molecule has 0 N–H and O–H groups in total. The van der Waals surface area contributed by atoms with E-state index in [4.69, 9.17) is 6.57 Å². The molecule has 0 aliphatic heterocycles. The van der Waals surface area contributed by atoms with Crippen molar-refractivity contribution in [2.75, 3.05) is 0 Å². The smallest absolute Gasteiger partial charge is 0.258 e. The maximum Gasteiger partial charge on any atom is 0.284 e. The van der Waals surface area contributed by atoms with Gasteiger partial charge in [0.15, 0.2) is 0 Å². The number of hydrogen-bond acceptors (Lipinski definition) is 5. The molecule has 0 bridgehead atoms. The van der Waals surface area contributed by atoms with E-state index in [-0.39, 0.29) is 22.4 Å². The van der Waals surface area contributed by atoms with Crippen molar-refractivity contribution in [3.63, 3.8) is 0 Å². The summed E-state index contributed by atoms with van der Waals surface area (Å²) < 4.78 is 0. The molecule has 26 heavy (non-hydrogen) atoms. The van der Waals surface area contributed by atoms with Crippen LogP contribution in [0.15, 0.2) is 30.0 Å². The first kappa shape index (κ1) is 16.8. The number of fused-ring (bicyclic) bond motifs is 3. The zero-order chi connectivity index (χ0) is 19.2. The number of nitrogens with zero attached hydrogens (tertiary/aromatic N) is 4. The Labute approximate surface area is 147 Å². The lowest BCUT2D eigenvalue weighted by Crippen LogP contribution is -1.97. The molecule has 0 atom stereocenters. The molecule has 8 nitrogen and oxygen atoms in total. The number of aryl methyl sites for hydroxylation is 2. The van der Waals surface area contributed by atoms with E-state index in [2.05, 4.69) is 4.85 Å². The van der Waals surface area contributed by atoms with Crippen LogP contribution in [0.1, 0.15) is 22.3 Å². The van der Waals surface area contributed by atoms with Crippen LogP contribution in [0.5, 0.6) is 0 Å². The Hall–Kier alpha value is -4.04. The monoisotopic (exact) mass is 346 g/mol. The maximum absolute atomic E-state index is 11.6. The Bertz CT molecular complexity index is 1120. The first-order chi connectivity index (χ1) is 12.3. The van der Waals surface area contributed by atoms with Crippen LogP contribution in [-0.4, -0.2) is 9.85 Å². The van der Waals surface area contributed by atoms with E-state index < -0.39 is 21.2 Å². The van der Waals surface area contributed by atoms with Crippen LogP contribution in [0.3, 0.4) is 0 Å². The molecule has 0 saturated heterocycles. The van der Waals surface area contributed by atoms with Gasteiger partial charge in [-0.1, -0.05) is 17.7 Å². The van der Waals surface area contributed by atoms with Crippen LogP contribution < -0.4 is 0 Å². The SMILES string of the molecule is [C-]#[N+]/C(C#N)=C1\c2cc(C)cc(C)c2-c2c1cc([N+](=O)[O-])cc2[N+](=O)[O-]. The largest absolute Gasteiger partial charge is 0.284 e. The Morgan fingerprint density at radius 2 is 1.73 bits per heavy atom. The summed E-state index contributed by atoms with van der Waals surface area (Å²) >= 11 is 0. The Kier molecular flexibility index (Phi) is 3.75. The summed E-state index contributed by atoms with van der Waals surface area (Å²) in [5.41, 5.74) is 2.06. The molecule has 0 heterocycles. The van der Waals surface area contributed by atoms with E-state index in [9.17, 15) is 25.5 Å². The molecule has 0 fully saturated rings. The normalized spacial score (nSPS) is 13.2. The van der Waals surface area contributed by atoms with Gasteiger partial charge in [-0.05, 0) is 36.1 Å². The third-order valence-corrected chi connectivity index (χ3v) is 4.23. The first-order valence-corrected chi connectivity index (χ1v) is 7.41. The predicted molar refractivity (Wildman–Crippen MR) is 92.9 cm³/mol. The Morgan fingerprint density at radius 1 is 1.08 bits per heavy atom. The molecule has 0 spiro atoms. The minimum Gasteiger partial charge on any atom is -0.258 e. The molecule has 0 unspecified atom stereocenters. The van der Waals surface area contributed by atoms with E-state index in [1.807, 2.05) is 13.0 Å². The topological polar surface area (TPSA) is 114 Å². The average molecular weight is 346 g/mol. The molecule has 3 rings (SSSR count). The predicted octanol–water partition coefficient (Wildman–Crippen LogP) is 4.30. The average Bonchev–Trinajstić information content (AvgIpc) is 2.89. The van der Waals surface area contributed by atoms with Gasteiger partial charge in [-0.2, -0.15) is 0 Å². The molecule has 2 aromatic carbocycles. The number of allylic oxidation sites excluding steroid dienone is 1. The van der Waals surface area contributed by atoms with Crippen molar-refractivity contribution < 1.29 is 9.85 Å². The number of non-ortho nitro benzene ring substituents is 1. The van der Waals surface area contributed by atoms with Crippen LogP contribution in [0.25, 0.3) is 21.5 Å². The van der Waals surface area contributed by atoms with Gasteiger partial charge in [0.1, 0.15) is 0 Å². The molecule has 0 aromatic heterocycles. The summed E-state index contributed by atoms with van der Waals surface area (Å²) in [7, 11) is 0. The van der Waals surface area contributed by atoms with Gasteiger partial charge in [0.2, 0.25) is 0 Å². The van der Waals surface area contributed by atoms with Gasteiger partial charge in [-0.15, -0.1) is 0 Å². The fourth-order valence-electron chi connectivity index (χ4n) is 3.35. The summed E-state index contributed by atoms with van der Waals surface area (Å²) in [6.07, 6.45) is 0. The molecule has 126 valence electrons. The second kappa shape index (κ2) is 5.80. The molecule has 0 radical (unpaired) electrons. The summed E-state index contributed by atoms with van der Waals surface area (Å²) in [5.74, 6) is 0. The maximum atomic E-state index is 11.6. The third kappa shape index (κ3) is 2.29. The van der Waals surface area contributed by atoms with Crippen LogP contribution in [0.2, 0.25) is 0 Å². The molecule has 8 heteroatoms. The molecule has 1 aliphatic rings. The molecule has 0 amide bonds. The molecule has 0 saturated carbocycles. The van der Waals surface area contributed by atoms with Gasteiger partial charge in [0.05, 0.1) is 34.1 Å². The van der Waals surface area contributed by atoms with E-state index in [0.29, 0.717) is 11.1 Å². The highest BCUT2D eigenvalue weighted by molar-refractivity contribution is 6.07. The number of nitro benzene ring substituents is 2. The Morgan fingerprint density at radius 3 is 2.27 bits per heavy atom. The van der Waals surface area contributed by atoms with Gasteiger partial charge in [0.25, 0.3) is 17.1 Å². The Balaban J connectivity index is 2.60. The quantitative estimate of drug-likeness (QED) is 0.297. The highest BCUT2D eigenvalue weighted by atomic mass is 16.6. The lowest BCUT2D eigenvalue weighted by atomic mass is 9.96. The lowest BCUT2D eigenvalue weighted by molar-refractivity contribution is -0.393. The highest BCUT2D eigenvalue weighted by Crippen LogP contribution is 2.52. The van der Waals surface area contributed by atoms with Crippen molar-refractivity contribution in [3.8, 4) is 17.2 Å². The van der Waals surface area contributed by atoms with Gasteiger partial charge in [-0.25, -0.2) is 10.1 Å². The standard InChI is InChI=1S/C18H10N4O4/c1-9-4-10(2)16-12(5-9)17(14(8-19)20-3)13-6-11(21(23)24)7-15(18(13)16)22(25)26/h4-7H,1-2H3/b17-14+. The van der Waals surface area contributed by atoms with Gasteiger partial charge in [0, 0.05) is 11.6 Å². The van der Waals surface area contributed by atoms with Gasteiger partial charge < -0.3 is 0 Å². The van der Waals surface area contributed by atoms with Crippen molar-refractivity contribution in [3.05, 3.63) is 83.9 Å². The summed E-state index contributed by atoms with van der Waals surface area (Å²) in [4.78, 5) is 24.6. The second-order valence-corrected chi connectivity index (χ2v) is 5.85. The zero-order valence-electron chi connectivity index (χ0n) is 13.7. The fourth-order valence-corrected chi connectivity index (χ4v) is 3.35. The van der Waals surface area contributed by atoms with Crippen molar-refractivity contribution >= 4 is 16.9 Å². The minimum absolute atomic E-state index is 0.169. The van der Waals surface area contributed by atoms with Crippen LogP contribution in [-0.2, 0) is 0 Å². The third-order valence-electron chi connectivity index (χ3n) is 4.23. The van der Waals surface area contributed by atoms with Crippen LogP contribution >= 0.6 is 0 Å². The number of benzene rings is 2. The number of nitriles is 1. The van der Waals surface area contributed by atoms with Crippen molar-refractivity contribution in [2.45, 2.75) is 13.8 Å². The van der Waals surface area contributed by atoms with Crippen LogP contribution in [0.4, 0.5) is 11.4 Å². The number of hydrogen-bond donors (Lipinski definition) is 0. The molecule has 2 aromatic rings. The molecule has 1 aliphatic carbocycles. The van der Waals surface area contributed by atoms with Gasteiger partial charge in [-0.3, -0.25) is 20.2 Å². The van der Waals surface area contributed by atoms with E-state index in [1.54, 1.807) is 19.1 Å². The summed E-state index contributed by atoms with van der Waals surface area (Å²) in [6, 6.07) is 7.46. The van der Waals surface area contributed by atoms with E-state index in [0.717, 1.165) is 17.2 Å². The summed E-state index contributed by atoms with van der Waals surface area (Å²) in [6.45, 7) is 10.9. The van der Waals surface area contributed by atoms with Gasteiger partial charge >= 0.3 is 0 Å². The summed E-state index contributed by atoms with van der Waals surface area (Å²) in [5, 5.41) is 32.2. The van der Waals surface area contributed by atoms with Crippen LogP contribution in [0, 0.1) is 52.0 Å². The van der Waals surface area contributed by atoms with Crippen molar-refractivity contribution in [1.82, 2.24) is 0 Å². The number of rotatable bonds is 2.